The Labute approximate surface area is 133 Å². The Kier molecular flexibility index (Phi) is 3.55. The van der Waals surface area contributed by atoms with E-state index in [4.69, 9.17) is 4.74 Å². The van der Waals surface area contributed by atoms with Crippen molar-refractivity contribution in [1.29, 1.82) is 0 Å². The van der Waals surface area contributed by atoms with Crippen molar-refractivity contribution in [3.63, 3.8) is 0 Å². The first-order valence-corrected chi connectivity index (χ1v) is 7.76. The molecule has 1 N–H and O–H groups in total. The Morgan fingerprint density at radius 3 is 2.83 bits per heavy atom. The van der Waals surface area contributed by atoms with E-state index in [1.807, 2.05) is 59.3 Å². The van der Waals surface area contributed by atoms with Gasteiger partial charge in [-0.25, -0.2) is 4.98 Å². The molecular weight excluding hydrogens is 290 g/mol. The number of hydrogen-bond donors (Lipinski definition) is 1. The first kappa shape index (κ1) is 14.0. The lowest BCUT2D eigenvalue weighted by atomic mass is 10.1. The number of carbonyl (C=O) groups is 1. The SMILES string of the molecule is O=C(Nc1ccc(-c2cn3ccccc3n2)cc1)[C@@H]1CCCO1. The minimum atomic E-state index is -0.312. The zero-order chi connectivity index (χ0) is 15.6. The Balaban J connectivity index is 1.52. The van der Waals surface area contributed by atoms with Crippen LogP contribution in [0.4, 0.5) is 5.69 Å². The van der Waals surface area contributed by atoms with Crippen LogP contribution in [-0.2, 0) is 9.53 Å². The largest absolute Gasteiger partial charge is 0.368 e. The molecule has 1 saturated heterocycles. The van der Waals surface area contributed by atoms with Gasteiger partial charge in [-0.3, -0.25) is 4.79 Å². The van der Waals surface area contributed by atoms with Crippen molar-refractivity contribution >= 4 is 17.2 Å². The molecule has 0 saturated carbocycles. The number of rotatable bonds is 3. The van der Waals surface area contributed by atoms with Gasteiger partial charge < -0.3 is 14.5 Å². The van der Waals surface area contributed by atoms with Crippen LogP contribution in [0.2, 0.25) is 0 Å². The van der Waals surface area contributed by atoms with E-state index in [0.29, 0.717) is 6.61 Å². The van der Waals surface area contributed by atoms with Crippen molar-refractivity contribution in [3.8, 4) is 11.3 Å². The van der Waals surface area contributed by atoms with E-state index >= 15 is 0 Å². The van der Waals surface area contributed by atoms with Crippen LogP contribution in [0.5, 0.6) is 0 Å². The number of ether oxygens (including phenoxy) is 1. The Hall–Kier alpha value is -2.66. The number of nitrogens with zero attached hydrogens (tertiary/aromatic N) is 2. The highest BCUT2D eigenvalue weighted by atomic mass is 16.5. The minimum absolute atomic E-state index is 0.0667. The van der Waals surface area contributed by atoms with Gasteiger partial charge in [0.2, 0.25) is 0 Å². The predicted molar refractivity (Wildman–Crippen MR) is 88.2 cm³/mol. The van der Waals surface area contributed by atoms with Crippen molar-refractivity contribution in [2.75, 3.05) is 11.9 Å². The molecule has 116 valence electrons. The van der Waals surface area contributed by atoms with E-state index < -0.39 is 0 Å². The summed E-state index contributed by atoms with van der Waals surface area (Å²) in [5.74, 6) is -0.0667. The lowest BCUT2D eigenvalue weighted by molar-refractivity contribution is -0.124. The van der Waals surface area contributed by atoms with Gasteiger partial charge in [0.25, 0.3) is 5.91 Å². The molecule has 0 bridgehead atoms. The second-order valence-electron chi connectivity index (χ2n) is 5.66. The van der Waals surface area contributed by atoms with Crippen molar-refractivity contribution < 1.29 is 9.53 Å². The van der Waals surface area contributed by atoms with Crippen LogP contribution in [0.1, 0.15) is 12.8 Å². The van der Waals surface area contributed by atoms with Gasteiger partial charge >= 0.3 is 0 Å². The first-order chi connectivity index (χ1) is 11.3. The predicted octanol–water partition coefficient (Wildman–Crippen LogP) is 3.12. The molecule has 0 radical (unpaired) electrons. The molecule has 3 heterocycles. The fourth-order valence-electron chi connectivity index (χ4n) is 2.81. The van der Waals surface area contributed by atoms with Gasteiger partial charge in [0.1, 0.15) is 11.8 Å². The second-order valence-corrected chi connectivity index (χ2v) is 5.66. The van der Waals surface area contributed by atoms with Crippen molar-refractivity contribution in [3.05, 3.63) is 54.9 Å². The van der Waals surface area contributed by atoms with E-state index in [2.05, 4.69) is 10.3 Å². The number of nitrogens with one attached hydrogen (secondary N) is 1. The number of pyridine rings is 1. The zero-order valence-corrected chi connectivity index (χ0v) is 12.6. The zero-order valence-electron chi connectivity index (χ0n) is 12.6. The van der Waals surface area contributed by atoms with Gasteiger partial charge in [0, 0.05) is 30.3 Å². The summed E-state index contributed by atoms with van der Waals surface area (Å²) in [5.41, 5.74) is 3.62. The number of hydrogen-bond acceptors (Lipinski definition) is 3. The average Bonchev–Trinajstić information content (AvgIpc) is 3.25. The number of carbonyl (C=O) groups excluding carboxylic acids is 1. The number of imidazole rings is 1. The molecule has 3 aromatic rings. The van der Waals surface area contributed by atoms with E-state index in [0.717, 1.165) is 35.4 Å². The average molecular weight is 307 g/mol. The maximum absolute atomic E-state index is 12.0. The lowest BCUT2D eigenvalue weighted by Crippen LogP contribution is -2.26. The van der Waals surface area contributed by atoms with Crippen LogP contribution in [0, 0.1) is 0 Å². The molecular formula is C18H17N3O2. The molecule has 1 atom stereocenters. The van der Waals surface area contributed by atoms with Crippen molar-refractivity contribution in [1.82, 2.24) is 9.38 Å². The molecule has 0 aliphatic carbocycles. The molecule has 1 amide bonds. The van der Waals surface area contributed by atoms with Crippen LogP contribution in [0.15, 0.2) is 54.9 Å². The van der Waals surface area contributed by atoms with Crippen LogP contribution < -0.4 is 5.32 Å². The summed E-state index contributed by atoms with van der Waals surface area (Å²) in [6.07, 6.45) is 5.40. The number of amides is 1. The quantitative estimate of drug-likeness (QED) is 0.809. The summed E-state index contributed by atoms with van der Waals surface area (Å²) in [7, 11) is 0. The van der Waals surface area contributed by atoms with Gasteiger partial charge in [0.15, 0.2) is 0 Å². The van der Waals surface area contributed by atoms with Gasteiger partial charge in [-0.05, 0) is 37.1 Å². The van der Waals surface area contributed by atoms with E-state index in [9.17, 15) is 4.79 Å². The summed E-state index contributed by atoms with van der Waals surface area (Å²) in [5, 5.41) is 2.90. The summed E-state index contributed by atoms with van der Waals surface area (Å²) < 4.78 is 7.38. The van der Waals surface area contributed by atoms with E-state index in [1.54, 1.807) is 0 Å². The maximum atomic E-state index is 12.0. The van der Waals surface area contributed by atoms with Crippen LogP contribution in [-0.4, -0.2) is 28.0 Å². The molecule has 1 aliphatic heterocycles. The fourth-order valence-corrected chi connectivity index (χ4v) is 2.81. The summed E-state index contributed by atoms with van der Waals surface area (Å²) in [4.78, 5) is 16.6. The van der Waals surface area contributed by atoms with Crippen LogP contribution in [0.25, 0.3) is 16.9 Å². The standard InChI is InChI=1S/C18H17N3O2/c22-18(16-4-3-11-23-16)19-14-8-6-13(7-9-14)15-12-21-10-2-1-5-17(21)20-15/h1-2,5-10,12,16H,3-4,11H2,(H,19,22)/t16-/m0/s1. The minimum Gasteiger partial charge on any atom is -0.368 e. The Bertz CT molecular complexity index is 800. The van der Waals surface area contributed by atoms with Crippen molar-refractivity contribution in [2.45, 2.75) is 18.9 Å². The van der Waals surface area contributed by atoms with Crippen molar-refractivity contribution in [2.24, 2.45) is 0 Å². The summed E-state index contributed by atoms with van der Waals surface area (Å²) in [6.45, 7) is 0.672. The smallest absolute Gasteiger partial charge is 0.253 e. The van der Waals surface area contributed by atoms with Crippen LogP contribution >= 0.6 is 0 Å². The normalized spacial score (nSPS) is 17.5. The van der Waals surface area contributed by atoms with Gasteiger partial charge in [0.05, 0.1) is 5.69 Å². The highest BCUT2D eigenvalue weighted by Gasteiger charge is 2.23. The third kappa shape index (κ3) is 2.83. The topological polar surface area (TPSA) is 55.6 Å². The molecule has 0 unspecified atom stereocenters. The number of fused-ring (bicyclic) bond motifs is 1. The van der Waals surface area contributed by atoms with E-state index in [-0.39, 0.29) is 12.0 Å². The molecule has 0 spiro atoms. The van der Waals surface area contributed by atoms with E-state index in [1.165, 1.54) is 0 Å². The highest BCUT2D eigenvalue weighted by molar-refractivity contribution is 5.94. The second kappa shape index (κ2) is 5.85. The summed E-state index contributed by atoms with van der Waals surface area (Å²) in [6, 6.07) is 13.6. The lowest BCUT2D eigenvalue weighted by Gasteiger charge is -2.10. The van der Waals surface area contributed by atoms with Gasteiger partial charge in [-0.15, -0.1) is 0 Å². The van der Waals surface area contributed by atoms with Gasteiger partial charge in [-0.1, -0.05) is 18.2 Å². The molecule has 4 rings (SSSR count). The van der Waals surface area contributed by atoms with Crippen LogP contribution in [0.3, 0.4) is 0 Å². The van der Waals surface area contributed by atoms with Gasteiger partial charge in [-0.2, -0.15) is 0 Å². The highest BCUT2D eigenvalue weighted by Crippen LogP contribution is 2.22. The third-order valence-electron chi connectivity index (χ3n) is 4.03. The monoisotopic (exact) mass is 307 g/mol. The third-order valence-corrected chi connectivity index (χ3v) is 4.03. The number of benzene rings is 1. The molecule has 1 aliphatic rings. The molecule has 1 aromatic carbocycles. The number of anilines is 1. The summed E-state index contributed by atoms with van der Waals surface area (Å²) >= 11 is 0. The first-order valence-electron chi connectivity index (χ1n) is 7.76. The molecule has 2 aromatic heterocycles. The Morgan fingerprint density at radius 1 is 1.22 bits per heavy atom. The molecule has 5 heteroatoms. The fraction of sp³-hybridized carbons (Fsp3) is 0.222. The maximum Gasteiger partial charge on any atom is 0.253 e. The molecule has 1 fully saturated rings. The molecule has 5 nitrogen and oxygen atoms in total. The molecule has 23 heavy (non-hydrogen) atoms. The Morgan fingerprint density at radius 2 is 2.09 bits per heavy atom. The number of aromatic nitrogens is 2.